The number of carbonyl (C=O) groups excluding carboxylic acids is 2. The molecule has 1 aliphatic heterocycles. The summed E-state index contributed by atoms with van der Waals surface area (Å²) in [4.78, 5) is 37.9. The van der Waals surface area contributed by atoms with E-state index in [-0.39, 0.29) is 23.3 Å². The van der Waals surface area contributed by atoms with E-state index in [9.17, 15) is 9.59 Å². The fourth-order valence-corrected chi connectivity index (χ4v) is 4.62. The number of rotatable bonds is 6. The van der Waals surface area contributed by atoms with Gasteiger partial charge in [-0.1, -0.05) is 28.6 Å². The van der Waals surface area contributed by atoms with Gasteiger partial charge in [0.05, 0.1) is 17.6 Å². The van der Waals surface area contributed by atoms with Crippen molar-refractivity contribution >= 4 is 35.2 Å². The van der Waals surface area contributed by atoms with E-state index in [0.717, 1.165) is 5.69 Å². The van der Waals surface area contributed by atoms with Crippen LogP contribution < -0.4 is 0 Å². The maximum absolute atomic E-state index is 13.5. The first kappa shape index (κ1) is 23.1. The molecule has 0 unspecified atom stereocenters. The van der Waals surface area contributed by atoms with Crippen LogP contribution in [0.15, 0.2) is 70.7 Å². The zero-order valence-corrected chi connectivity index (χ0v) is 20.0. The molecule has 0 bridgehead atoms. The Balaban J connectivity index is 1.36. The van der Waals surface area contributed by atoms with E-state index in [0.29, 0.717) is 47.8 Å². The van der Waals surface area contributed by atoms with Crippen LogP contribution >= 0.6 is 23.4 Å². The Hall–Kier alpha value is -3.70. The van der Waals surface area contributed by atoms with Crippen LogP contribution in [-0.2, 0) is 5.75 Å². The van der Waals surface area contributed by atoms with Crippen molar-refractivity contribution in [2.75, 3.05) is 26.2 Å². The Morgan fingerprint density at radius 2 is 1.63 bits per heavy atom. The number of hydrogen-bond donors (Lipinski definition) is 0. The van der Waals surface area contributed by atoms with Crippen molar-refractivity contribution < 1.29 is 14.0 Å². The fourth-order valence-electron chi connectivity index (χ4n) is 3.70. The van der Waals surface area contributed by atoms with Gasteiger partial charge < -0.3 is 14.2 Å². The molecule has 0 aliphatic carbocycles. The summed E-state index contributed by atoms with van der Waals surface area (Å²) in [6.45, 7) is 1.57. The fraction of sp³-hybridized carbons (Fsp3) is 0.217. The molecular formula is C23H20ClN7O3S. The number of benzene rings is 1. The molecule has 0 radical (unpaired) electrons. The summed E-state index contributed by atoms with van der Waals surface area (Å²) in [6, 6.07) is 12.2. The summed E-state index contributed by atoms with van der Waals surface area (Å²) in [5.41, 5.74) is 1.62. The Kier molecular flexibility index (Phi) is 6.77. The second kappa shape index (κ2) is 10.3. The van der Waals surface area contributed by atoms with Gasteiger partial charge in [0.25, 0.3) is 11.8 Å². The van der Waals surface area contributed by atoms with Crippen LogP contribution in [0.5, 0.6) is 0 Å². The van der Waals surface area contributed by atoms with Gasteiger partial charge in [-0.2, -0.15) is 0 Å². The third-order valence-corrected chi connectivity index (χ3v) is 6.64. The summed E-state index contributed by atoms with van der Waals surface area (Å²) in [6.07, 6.45) is 4.80. The van der Waals surface area contributed by atoms with Crippen LogP contribution in [0.1, 0.15) is 26.7 Å². The highest BCUT2D eigenvalue weighted by atomic mass is 35.5. The highest BCUT2D eigenvalue weighted by Crippen LogP contribution is 2.24. The molecule has 10 nitrogen and oxygen atoms in total. The lowest BCUT2D eigenvalue weighted by Crippen LogP contribution is -2.50. The molecule has 35 heavy (non-hydrogen) atoms. The topological polar surface area (TPSA) is 110 Å². The minimum absolute atomic E-state index is 0.185. The predicted molar refractivity (Wildman–Crippen MR) is 128 cm³/mol. The molecule has 12 heteroatoms. The van der Waals surface area contributed by atoms with Crippen molar-refractivity contribution in [3.05, 3.63) is 83.3 Å². The Bertz CT molecular complexity index is 1300. The van der Waals surface area contributed by atoms with Gasteiger partial charge in [-0.3, -0.25) is 9.59 Å². The first-order valence-electron chi connectivity index (χ1n) is 10.8. The lowest BCUT2D eigenvalue weighted by atomic mass is 10.2. The number of piperazine rings is 1. The van der Waals surface area contributed by atoms with E-state index < -0.39 is 0 Å². The highest BCUT2D eigenvalue weighted by molar-refractivity contribution is 7.98. The van der Waals surface area contributed by atoms with Gasteiger partial charge in [-0.25, -0.2) is 14.6 Å². The number of thioether (sulfide) groups is 1. The van der Waals surface area contributed by atoms with Gasteiger partial charge >= 0.3 is 0 Å². The van der Waals surface area contributed by atoms with E-state index in [2.05, 4.69) is 20.3 Å². The molecule has 4 aromatic rings. The molecule has 3 aromatic heterocycles. The maximum atomic E-state index is 13.5. The lowest BCUT2D eigenvalue weighted by molar-refractivity contribution is 0.0514. The third-order valence-electron chi connectivity index (χ3n) is 5.50. The molecular weight excluding hydrogens is 490 g/mol. The number of amides is 2. The molecule has 2 amide bonds. The van der Waals surface area contributed by atoms with Gasteiger partial charge in [-0.05, 0) is 42.5 Å². The molecule has 1 fully saturated rings. The number of nitrogens with zero attached hydrogens (tertiary/aromatic N) is 7. The van der Waals surface area contributed by atoms with Crippen molar-refractivity contribution in [3.63, 3.8) is 0 Å². The monoisotopic (exact) mass is 509 g/mol. The Morgan fingerprint density at radius 1 is 0.943 bits per heavy atom. The zero-order chi connectivity index (χ0) is 24.2. The summed E-state index contributed by atoms with van der Waals surface area (Å²) in [7, 11) is 0. The minimum atomic E-state index is -0.236. The van der Waals surface area contributed by atoms with Crippen LogP contribution in [0, 0.1) is 0 Å². The normalized spacial score (nSPS) is 13.7. The van der Waals surface area contributed by atoms with E-state index in [1.54, 1.807) is 57.2 Å². The molecule has 178 valence electrons. The van der Waals surface area contributed by atoms with Crippen LogP contribution in [0.3, 0.4) is 0 Å². The smallest absolute Gasteiger partial charge is 0.289 e. The van der Waals surface area contributed by atoms with Gasteiger partial charge in [0.15, 0.2) is 16.6 Å². The van der Waals surface area contributed by atoms with Crippen LogP contribution in [0.25, 0.3) is 5.69 Å². The van der Waals surface area contributed by atoms with Crippen molar-refractivity contribution in [2.24, 2.45) is 0 Å². The number of carbonyl (C=O) groups is 2. The highest BCUT2D eigenvalue weighted by Gasteiger charge is 2.30. The SMILES string of the molecule is O=C(c1ccco1)N1CCN(C(=O)c2nnn(-c3ccc(Cl)cc3)c2CSc2ncccn2)CC1. The number of aromatic nitrogens is 5. The second-order valence-electron chi connectivity index (χ2n) is 7.65. The maximum Gasteiger partial charge on any atom is 0.289 e. The number of halogens is 1. The second-order valence-corrected chi connectivity index (χ2v) is 9.03. The van der Waals surface area contributed by atoms with E-state index in [1.165, 1.54) is 18.0 Å². The standard InChI is InChI=1S/C23H20ClN7O3S/c24-16-4-6-17(7-5-16)31-18(15-35-23-25-8-2-9-26-23)20(27-28-31)22(33)30-12-10-29(11-13-30)21(32)19-3-1-14-34-19/h1-9,14H,10-13,15H2. The summed E-state index contributed by atoms with van der Waals surface area (Å²) in [5, 5.41) is 9.68. The Labute approximate surface area is 209 Å². The van der Waals surface area contributed by atoms with E-state index in [4.69, 9.17) is 16.0 Å². The molecule has 0 atom stereocenters. The molecule has 0 saturated carbocycles. The minimum Gasteiger partial charge on any atom is -0.459 e. The molecule has 4 heterocycles. The predicted octanol–water partition coefficient (Wildman–Crippen LogP) is 3.19. The van der Waals surface area contributed by atoms with Crippen LogP contribution in [-0.4, -0.2) is 72.8 Å². The first-order valence-corrected chi connectivity index (χ1v) is 12.2. The van der Waals surface area contributed by atoms with Crippen molar-refractivity contribution in [1.29, 1.82) is 0 Å². The van der Waals surface area contributed by atoms with E-state index >= 15 is 0 Å². The lowest BCUT2D eigenvalue weighted by Gasteiger charge is -2.34. The third kappa shape index (κ3) is 5.05. The average molecular weight is 510 g/mol. The first-order chi connectivity index (χ1) is 17.1. The van der Waals surface area contributed by atoms with Crippen LogP contribution in [0.2, 0.25) is 5.02 Å². The van der Waals surface area contributed by atoms with Crippen molar-refractivity contribution in [2.45, 2.75) is 10.9 Å². The van der Waals surface area contributed by atoms with E-state index in [1.807, 2.05) is 12.1 Å². The molecule has 0 N–H and O–H groups in total. The summed E-state index contributed by atoms with van der Waals surface area (Å²) >= 11 is 7.43. The average Bonchev–Trinajstić information content (AvgIpc) is 3.58. The molecule has 0 spiro atoms. The molecule has 1 saturated heterocycles. The summed E-state index contributed by atoms with van der Waals surface area (Å²) < 4.78 is 6.84. The quantitative estimate of drug-likeness (QED) is 0.288. The molecule has 1 aliphatic rings. The number of furan rings is 1. The van der Waals surface area contributed by atoms with Crippen molar-refractivity contribution in [3.8, 4) is 5.69 Å². The number of hydrogen-bond acceptors (Lipinski definition) is 8. The Morgan fingerprint density at radius 3 is 2.29 bits per heavy atom. The largest absolute Gasteiger partial charge is 0.459 e. The van der Waals surface area contributed by atoms with Gasteiger partial charge in [0.2, 0.25) is 0 Å². The van der Waals surface area contributed by atoms with Gasteiger partial charge in [-0.15, -0.1) is 5.10 Å². The zero-order valence-electron chi connectivity index (χ0n) is 18.5. The van der Waals surface area contributed by atoms with Crippen LogP contribution in [0.4, 0.5) is 0 Å². The van der Waals surface area contributed by atoms with Crippen molar-refractivity contribution in [1.82, 2.24) is 34.8 Å². The van der Waals surface area contributed by atoms with Gasteiger partial charge in [0.1, 0.15) is 0 Å². The molecule has 1 aromatic carbocycles. The van der Waals surface area contributed by atoms with Gasteiger partial charge in [0, 0.05) is 49.3 Å². The molecule has 5 rings (SSSR count). The summed E-state index contributed by atoms with van der Waals surface area (Å²) in [5.74, 6) is 0.256.